The molecule has 0 fully saturated rings. The lowest BCUT2D eigenvalue weighted by atomic mass is 10.1. The SMILES string of the molecule is O=C(O)Cc1ncc(-c2c(Cl)ccc(Cl)c2Cl)cc1F. The Labute approximate surface area is 128 Å². The van der Waals surface area contributed by atoms with Crippen molar-refractivity contribution in [3.63, 3.8) is 0 Å². The Kier molecular flexibility index (Phi) is 4.48. The molecule has 0 saturated carbocycles. The van der Waals surface area contributed by atoms with Crippen LogP contribution in [-0.4, -0.2) is 16.1 Å². The van der Waals surface area contributed by atoms with E-state index < -0.39 is 18.2 Å². The number of carboxylic acids is 1. The zero-order chi connectivity index (χ0) is 14.9. The second kappa shape index (κ2) is 5.95. The largest absolute Gasteiger partial charge is 0.481 e. The Balaban J connectivity index is 2.52. The second-order valence-corrected chi connectivity index (χ2v) is 5.13. The van der Waals surface area contributed by atoms with Crippen molar-refractivity contribution in [1.82, 2.24) is 4.98 Å². The first kappa shape index (κ1) is 15.0. The van der Waals surface area contributed by atoms with Gasteiger partial charge in [0.15, 0.2) is 0 Å². The predicted molar refractivity (Wildman–Crippen MR) is 76.0 cm³/mol. The summed E-state index contributed by atoms with van der Waals surface area (Å²) in [7, 11) is 0. The lowest BCUT2D eigenvalue weighted by molar-refractivity contribution is -0.136. The average Bonchev–Trinajstić information content (AvgIpc) is 2.37. The number of rotatable bonds is 3. The molecule has 0 spiro atoms. The van der Waals surface area contributed by atoms with Gasteiger partial charge in [-0.15, -0.1) is 0 Å². The minimum atomic E-state index is -1.16. The minimum absolute atomic E-state index is 0.157. The molecule has 0 aliphatic carbocycles. The number of carbonyl (C=O) groups is 1. The molecule has 1 heterocycles. The van der Waals surface area contributed by atoms with Crippen LogP contribution >= 0.6 is 34.8 Å². The third kappa shape index (κ3) is 3.03. The minimum Gasteiger partial charge on any atom is -0.481 e. The molecule has 0 atom stereocenters. The van der Waals surface area contributed by atoms with Crippen LogP contribution in [0.3, 0.4) is 0 Å². The molecule has 1 aromatic heterocycles. The summed E-state index contributed by atoms with van der Waals surface area (Å²) in [4.78, 5) is 14.4. The topological polar surface area (TPSA) is 50.2 Å². The summed E-state index contributed by atoms with van der Waals surface area (Å²) in [5.41, 5.74) is 0.527. The average molecular weight is 335 g/mol. The maximum absolute atomic E-state index is 13.8. The van der Waals surface area contributed by atoms with Gasteiger partial charge in [0, 0.05) is 17.3 Å². The monoisotopic (exact) mass is 333 g/mol. The van der Waals surface area contributed by atoms with Crippen LogP contribution in [0.5, 0.6) is 0 Å². The number of carboxylic acid groups (broad SMARTS) is 1. The fraction of sp³-hybridized carbons (Fsp3) is 0.0769. The van der Waals surface area contributed by atoms with Crippen LogP contribution in [0.15, 0.2) is 24.4 Å². The molecule has 0 aliphatic heterocycles. The maximum atomic E-state index is 13.8. The van der Waals surface area contributed by atoms with Crippen molar-refractivity contribution in [2.75, 3.05) is 0 Å². The summed E-state index contributed by atoms with van der Waals surface area (Å²) in [6, 6.07) is 4.20. The first-order chi connectivity index (χ1) is 9.40. The Bertz CT molecular complexity index is 692. The Morgan fingerprint density at radius 3 is 2.50 bits per heavy atom. The van der Waals surface area contributed by atoms with Crippen LogP contribution in [0.1, 0.15) is 5.69 Å². The molecule has 20 heavy (non-hydrogen) atoms. The first-order valence-electron chi connectivity index (χ1n) is 5.40. The van der Waals surface area contributed by atoms with Crippen LogP contribution in [0, 0.1) is 5.82 Å². The van der Waals surface area contributed by atoms with Gasteiger partial charge in [-0.1, -0.05) is 34.8 Å². The normalized spacial score (nSPS) is 10.6. The molecule has 104 valence electrons. The third-order valence-electron chi connectivity index (χ3n) is 2.57. The summed E-state index contributed by atoms with van der Waals surface area (Å²) in [5.74, 6) is -1.90. The summed E-state index contributed by atoms with van der Waals surface area (Å²) >= 11 is 18.0. The van der Waals surface area contributed by atoms with Gasteiger partial charge in [-0.2, -0.15) is 0 Å². The van der Waals surface area contributed by atoms with E-state index in [1.54, 1.807) is 0 Å². The van der Waals surface area contributed by atoms with Crippen molar-refractivity contribution >= 4 is 40.8 Å². The highest BCUT2D eigenvalue weighted by molar-refractivity contribution is 6.46. The molecule has 2 aromatic rings. The number of hydrogen-bond donors (Lipinski definition) is 1. The highest BCUT2D eigenvalue weighted by Gasteiger charge is 2.15. The number of pyridine rings is 1. The molecule has 0 bridgehead atoms. The number of nitrogens with zero attached hydrogens (tertiary/aromatic N) is 1. The van der Waals surface area contributed by atoms with E-state index in [0.717, 1.165) is 6.07 Å². The Morgan fingerprint density at radius 1 is 1.25 bits per heavy atom. The number of benzene rings is 1. The van der Waals surface area contributed by atoms with Gasteiger partial charge in [-0.05, 0) is 18.2 Å². The molecule has 0 amide bonds. The highest BCUT2D eigenvalue weighted by Crippen LogP contribution is 2.39. The zero-order valence-corrected chi connectivity index (χ0v) is 12.1. The van der Waals surface area contributed by atoms with Gasteiger partial charge in [0.2, 0.25) is 0 Å². The maximum Gasteiger partial charge on any atom is 0.309 e. The molecule has 2 rings (SSSR count). The highest BCUT2D eigenvalue weighted by atomic mass is 35.5. The molecular weight excluding hydrogens is 328 g/mol. The summed E-state index contributed by atoms with van der Waals surface area (Å²) in [6.45, 7) is 0. The first-order valence-corrected chi connectivity index (χ1v) is 6.53. The number of halogens is 4. The molecule has 1 aromatic carbocycles. The van der Waals surface area contributed by atoms with E-state index in [2.05, 4.69) is 4.98 Å². The van der Waals surface area contributed by atoms with Gasteiger partial charge in [0.1, 0.15) is 5.82 Å². The van der Waals surface area contributed by atoms with Gasteiger partial charge in [-0.3, -0.25) is 9.78 Å². The van der Waals surface area contributed by atoms with E-state index in [-0.39, 0.29) is 15.7 Å². The molecule has 0 unspecified atom stereocenters. The van der Waals surface area contributed by atoms with Crippen LogP contribution in [0.4, 0.5) is 4.39 Å². The van der Waals surface area contributed by atoms with E-state index in [1.165, 1.54) is 18.3 Å². The standard InChI is InChI=1S/C13H7Cl3FNO2/c14-7-1-2-8(15)13(16)12(7)6-3-9(17)10(18-5-6)4-11(19)20/h1-3,5H,4H2,(H,19,20). The van der Waals surface area contributed by atoms with Crippen molar-refractivity contribution in [3.05, 3.63) is 51.0 Å². The van der Waals surface area contributed by atoms with Gasteiger partial charge in [0.25, 0.3) is 0 Å². The van der Waals surface area contributed by atoms with E-state index in [1.807, 2.05) is 0 Å². The smallest absolute Gasteiger partial charge is 0.309 e. The van der Waals surface area contributed by atoms with Gasteiger partial charge < -0.3 is 5.11 Å². The molecule has 3 nitrogen and oxygen atoms in total. The molecule has 0 aliphatic rings. The number of aliphatic carboxylic acids is 1. The Hall–Kier alpha value is -1.36. The molecular formula is C13H7Cl3FNO2. The quantitative estimate of drug-likeness (QED) is 0.842. The van der Waals surface area contributed by atoms with Gasteiger partial charge >= 0.3 is 5.97 Å². The fourth-order valence-corrected chi connectivity index (χ4v) is 2.41. The fourth-order valence-electron chi connectivity index (χ4n) is 1.67. The number of aromatic nitrogens is 1. The summed E-state index contributed by atoms with van der Waals surface area (Å²) < 4.78 is 13.8. The summed E-state index contributed by atoms with van der Waals surface area (Å²) in [6.07, 6.45) is 0.813. The van der Waals surface area contributed by atoms with E-state index in [0.29, 0.717) is 16.1 Å². The molecule has 7 heteroatoms. The van der Waals surface area contributed by atoms with E-state index >= 15 is 0 Å². The van der Waals surface area contributed by atoms with Crippen LogP contribution in [0.2, 0.25) is 15.1 Å². The Morgan fingerprint density at radius 2 is 1.90 bits per heavy atom. The van der Waals surface area contributed by atoms with E-state index in [4.69, 9.17) is 39.9 Å². The molecule has 0 radical (unpaired) electrons. The van der Waals surface area contributed by atoms with Crippen molar-refractivity contribution in [3.8, 4) is 11.1 Å². The predicted octanol–water partition coefficient (Wildman–Crippen LogP) is 4.48. The van der Waals surface area contributed by atoms with Crippen molar-refractivity contribution < 1.29 is 14.3 Å². The molecule has 1 N–H and O–H groups in total. The van der Waals surface area contributed by atoms with Crippen LogP contribution in [-0.2, 0) is 11.2 Å². The summed E-state index contributed by atoms with van der Waals surface area (Å²) in [5, 5.41) is 9.40. The van der Waals surface area contributed by atoms with E-state index in [9.17, 15) is 9.18 Å². The zero-order valence-electron chi connectivity index (χ0n) is 9.83. The van der Waals surface area contributed by atoms with Crippen molar-refractivity contribution in [2.45, 2.75) is 6.42 Å². The van der Waals surface area contributed by atoms with Crippen LogP contribution in [0.25, 0.3) is 11.1 Å². The lowest BCUT2D eigenvalue weighted by Gasteiger charge is -2.09. The van der Waals surface area contributed by atoms with Crippen LogP contribution < -0.4 is 0 Å². The lowest BCUT2D eigenvalue weighted by Crippen LogP contribution is -2.05. The number of hydrogen-bond acceptors (Lipinski definition) is 2. The van der Waals surface area contributed by atoms with Gasteiger partial charge in [-0.25, -0.2) is 4.39 Å². The van der Waals surface area contributed by atoms with Crippen molar-refractivity contribution in [1.29, 1.82) is 0 Å². The molecule has 0 saturated heterocycles. The van der Waals surface area contributed by atoms with Gasteiger partial charge in [0.05, 0.1) is 27.2 Å². The second-order valence-electron chi connectivity index (χ2n) is 3.94. The third-order valence-corrected chi connectivity index (χ3v) is 3.69. The van der Waals surface area contributed by atoms with Crippen molar-refractivity contribution in [2.24, 2.45) is 0 Å².